The van der Waals surface area contributed by atoms with Crippen molar-refractivity contribution >= 4 is 17.5 Å². The van der Waals surface area contributed by atoms with Gasteiger partial charge in [-0.3, -0.25) is 14.5 Å². The van der Waals surface area contributed by atoms with Crippen LogP contribution in [0.25, 0.3) is 0 Å². The predicted octanol–water partition coefficient (Wildman–Crippen LogP) is 2.39. The number of ether oxygens (including phenoxy) is 1. The predicted molar refractivity (Wildman–Crippen MR) is 108 cm³/mol. The Morgan fingerprint density at radius 1 is 1.14 bits per heavy atom. The van der Waals surface area contributed by atoms with Crippen LogP contribution in [0.1, 0.15) is 22.8 Å². The number of carbonyl (C=O) groups is 2. The van der Waals surface area contributed by atoms with Gasteiger partial charge in [-0.1, -0.05) is 30.3 Å². The molecule has 2 aliphatic rings. The number of piperazine rings is 1. The summed E-state index contributed by atoms with van der Waals surface area (Å²) in [4.78, 5) is 30.8. The van der Waals surface area contributed by atoms with Crippen LogP contribution in [-0.4, -0.2) is 60.9 Å². The minimum Gasteiger partial charge on any atom is -0.482 e. The zero-order valence-corrected chi connectivity index (χ0v) is 16.3. The molecule has 0 bridgehead atoms. The zero-order valence-electron chi connectivity index (χ0n) is 16.3. The number of carbonyl (C=O) groups excluding carboxylic acids is 2. The van der Waals surface area contributed by atoms with Gasteiger partial charge in [-0.25, -0.2) is 0 Å². The first-order valence-electron chi connectivity index (χ1n) is 9.63. The molecule has 0 aliphatic carbocycles. The highest BCUT2D eigenvalue weighted by molar-refractivity contribution is 6.01. The van der Waals surface area contributed by atoms with E-state index in [1.54, 1.807) is 30.1 Å². The molecule has 2 aliphatic heterocycles. The Labute approximate surface area is 165 Å². The van der Waals surface area contributed by atoms with Gasteiger partial charge in [0, 0.05) is 44.8 Å². The Morgan fingerprint density at radius 2 is 1.93 bits per heavy atom. The molecule has 2 aromatic rings. The van der Waals surface area contributed by atoms with Gasteiger partial charge in [0.15, 0.2) is 6.61 Å². The van der Waals surface area contributed by atoms with Crippen LogP contribution in [0.5, 0.6) is 5.75 Å². The van der Waals surface area contributed by atoms with Crippen LogP contribution in [0.3, 0.4) is 0 Å². The molecule has 4 rings (SSSR count). The molecule has 2 aromatic carbocycles. The molecular weight excluding hydrogens is 354 g/mol. The second-order valence-electron chi connectivity index (χ2n) is 7.48. The monoisotopic (exact) mass is 379 g/mol. The van der Waals surface area contributed by atoms with Crippen molar-refractivity contribution in [1.82, 2.24) is 9.80 Å². The fourth-order valence-electron chi connectivity index (χ4n) is 3.82. The van der Waals surface area contributed by atoms with Crippen molar-refractivity contribution < 1.29 is 14.3 Å². The smallest absolute Gasteiger partial charge is 0.264 e. The molecule has 6 nitrogen and oxygen atoms in total. The Hall–Kier alpha value is -2.86. The zero-order chi connectivity index (χ0) is 19.7. The Balaban J connectivity index is 1.44. The quantitative estimate of drug-likeness (QED) is 0.822. The maximum Gasteiger partial charge on any atom is 0.264 e. The van der Waals surface area contributed by atoms with Crippen LogP contribution in [0, 0.1) is 0 Å². The van der Waals surface area contributed by atoms with Crippen molar-refractivity contribution in [1.29, 1.82) is 0 Å². The van der Waals surface area contributed by atoms with Gasteiger partial charge in [0.25, 0.3) is 11.8 Å². The van der Waals surface area contributed by atoms with Gasteiger partial charge in [-0.2, -0.15) is 0 Å². The first-order chi connectivity index (χ1) is 13.5. The normalized spacial score (nSPS) is 19.9. The lowest BCUT2D eigenvalue weighted by Crippen LogP contribution is -2.53. The molecule has 2 heterocycles. The molecule has 146 valence electrons. The van der Waals surface area contributed by atoms with E-state index in [9.17, 15) is 9.59 Å². The molecule has 2 amide bonds. The third-order valence-electron chi connectivity index (χ3n) is 5.57. The number of hydrogen-bond donors (Lipinski definition) is 0. The number of anilines is 1. The number of likely N-dealkylation sites (N-methyl/N-ethyl adjacent to an activating group) is 1. The summed E-state index contributed by atoms with van der Waals surface area (Å²) in [7, 11) is 1.71. The standard InChI is InChI=1S/C22H25N3O3/c1-16-13-25(11-10-24(16)14-17-6-4-3-5-7-17)22(27)18-8-9-20-19(12-18)23(2)21(26)15-28-20/h3-9,12,16H,10-11,13-15H2,1-2H3/t16-/m1/s1. The minimum absolute atomic E-state index is 0.000401. The van der Waals surface area contributed by atoms with Crippen LogP contribution >= 0.6 is 0 Å². The molecule has 0 N–H and O–H groups in total. The second kappa shape index (κ2) is 7.64. The fraction of sp³-hybridized carbons (Fsp3) is 0.364. The Kier molecular flexibility index (Phi) is 5.05. The van der Waals surface area contributed by atoms with E-state index in [2.05, 4.69) is 36.1 Å². The molecule has 1 atom stereocenters. The average Bonchev–Trinajstić information content (AvgIpc) is 2.72. The van der Waals surface area contributed by atoms with Crippen LogP contribution < -0.4 is 9.64 Å². The minimum atomic E-state index is -0.111. The van der Waals surface area contributed by atoms with E-state index in [1.807, 2.05) is 11.0 Å². The molecule has 0 aromatic heterocycles. The summed E-state index contributed by atoms with van der Waals surface area (Å²) < 4.78 is 5.45. The molecule has 1 fully saturated rings. The number of amides is 2. The van der Waals surface area contributed by atoms with Gasteiger partial charge in [-0.15, -0.1) is 0 Å². The molecule has 28 heavy (non-hydrogen) atoms. The maximum absolute atomic E-state index is 13.0. The average molecular weight is 379 g/mol. The number of benzene rings is 2. The van der Waals surface area contributed by atoms with Gasteiger partial charge < -0.3 is 14.5 Å². The number of nitrogens with zero attached hydrogens (tertiary/aromatic N) is 3. The van der Waals surface area contributed by atoms with Crippen molar-refractivity contribution in [2.24, 2.45) is 0 Å². The van der Waals surface area contributed by atoms with E-state index in [-0.39, 0.29) is 24.5 Å². The molecule has 0 spiro atoms. The largest absolute Gasteiger partial charge is 0.482 e. The number of fused-ring (bicyclic) bond motifs is 1. The summed E-state index contributed by atoms with van der Waals surface area (Å²) in [6.07, 6.45) is 0. The highest BCUT2D eigenvalue weighted by Crippen LogP contribution is 2.32. The number of hydrogen-bond acceptors (Lipinski definition) is 4. The second-order valence-corrected chi connectivity index (χ2v) is 7.48. The molecular formula is C22H25N3O3. The van der Waals surface area contributed by atoms with Crippen molar-refractivity contribution in [2.75, 3.05) is 38.2 Å². The highest BCUT2D eigenvalue weighted by Gasteiger charge is 2.29. The molecule has 1 saturated heterocycles. The lowest BCUT2D eigenvalue weighted by molar-refractivity contribution is -0.120. The summed E-state index contributed by atoms with van der Waals surface area (Å²) in [5.74, 6) is 0.528. The fourth-order valence-corrected chi connectivity index (χ4v) is 3.82. The van der Waals surface area contributed by atoms with Crippen LogP contribution in [-0.2, 0) is 11.3 Å². The molecule has 0 saturated carbocycles. The summed E-state index contributed by atoms with van der Waals surface area (Å²) in [6.45, 7) is 5.32. The van der Waals surface area contributed by atoms with Gasteiger partial charge >= 0.3 is 0 Å². The molecule has 0 unspecified atom stereocenters. The Morgan fingerprint density at radius 3 is 2.68 bits per heavy atom. The van der Waals surface area contributed by atoms with E-state index in [0.717, 1.165) is 13.1 Å². The van der Waals surface area contributed by atoms with E-state index in [0.29, 0.717) is 30.1 Å². The summed E-state index contributed by atoms with van der Waals surface area (Å²) in [6, 6.07) is 16.0. The van der Waals surface area contributed by atoms with E-state index in [4.69, 9.17) is 4.74 Å². The van der Waals surface area contributed by atoms with Crippen LogP contribution in [0.15, 0.2) is 48.5 Å². The van der Waals surface area contributed by atoms with Crippen molar-refractivity contribution in [3.8, 4) is 5.75 Å². The van der Waals surface area contributed by atoms with Crippen molar-refractivity contribution in [3.05, 3.63) is 59.7 Å². The third kappa shape index (κ3) is 3.60. The summed E-state index contributed by atoms with van der Waals surface area (Å²) >= 11 is 0. The Bertz CT molecular complexity index is 884. The SMILES string of the molecule is C[C@@H]1CN(C(=O)c2ccc3c(c2)N(C)C(=O)CO3)CCN1Cc1ccccc1. The van der Waals surface area contributed by atoms with Crippen LogP contribution in [0.2, 0.25) is 0 Å². The van der Waals surface area contributed by atoms with Crippen molar-refractivity contribution in [2.45, 2.75) is 19.5 Å². The van der Waals surface area contributed by atoms with Crippen molar-refractivity contribution in [3.63, 3.8) is 0 Å². The van der Waals surface area contributed by atoms with E-state index < -0.39 is 0 Å². The highest BCUT2D eigenvalue weighted by atomic mass is 16.5. The van der Waals surface area contributed by atoms with E-state index in [1.165, 1.54) is 5.56 Å². The van der Waals surface area contributed by atoms with E-state index >= 15 is 0 Å². The summed E-state index contributed by atoms with van der Waals surface area (Å²) in [5, 5.41) is 0. The molecule has 0 radical (unpaired) electrons. The lowest BCUT2D eigenvalue weighted by atomic mass is 10.1. The number of rotatable bonds is 3. The third-order valence-corrected chi connectivity index (χ3v) is 5.57. The van der Waals surface area contributed by atoms with Gasteiger partial charge in [-0.05, 0) is 30.7 Å². The topological polar surface area (TPSA) is 53.1 Å². The van der Waals surface area contributed by atoms with Gasteiger partial charge in [0.2, 0.25) is 0 Å². The van der Waals surface area contributed by atoms with Crippen LogP contribution in [0.4, 0.5) is 5.69 Å². The molecule has 6 heteroatoms. The lowest BCUT2D eigenvalue weighted by Gasteiger charge is -2.40. The first kappa shape index (κ1) is 18.5. The maximum atomic E-state index is 13.0. The van der Waals surface area contributed by atoms with Gasteiger partial charge in [0.05, 0.1) is 5.69 Å². The summed E-state index contributed by atoms with van der Waals surface area (Å²) in [5.41, 5.74) is 2.53. The first-order valence-corrected chi connectivity index (χ1v) is 9.63. The van der Waals surface area contributed by atoms with Gasteiger partial charge in [0.1, 0.15) is 5.75 Å².